The second kappa shape index (κ2) is 6.94. The van der Waals surface area contributed by atoms with Crippen molar-refractivity contribution in [3.05, 3.63) is 12.7 Å². The molecule has 0 heterocycles. The van der Waals surface area contributed by atoms with Gasteiger partial charge in [0, 0.05) is 22.7 Å². The largest absolute Gasteiger partial charge is 0.460 e. The average molecular weight is 393 g/mol. The maximum absolute atomic E-state index is 13.5. The van der Waals surface area contributed by atoms with Crippen molar-refractivity contribution >= 4 is 11.8 Å². The highest BCUT2D eigenvalue weighted by atomic mass is 16.6. The van der Waals surface area contributed by atoms with Crippen LogP contribution >= 0.6 is 0 Å². The van der Waals surface area contributed by atoms with Crippen LogP contribution in [-0.4, -0.2) is 40.8 Å². The molecule has 3 rings (SSSR count). The van der Waals surface area contributed by atoms with E-state index in [0.29, 0.717) is 6.42 Å². The molecule has 0 unspecified atom stereocenters. The van der Waals surface area contributed by atoms with E-state index in [0.717, 1.165) is 19.3 Å². The van der Waals surface area contributed by atoms with Gasteiger partial charge in [-0.3, -0.25) is 4.79 Å². The number of carbonyl (C=O) groups excluding carboxylic acids is 2. The van der Waals surface area contributed by atoms with Gasteiger partial charge >= 0.3 is 5.97 Å². The van der Waals surface area contributed by atoms with E-state index >= 15 is 0 Å². The summed E-state index contributed by atoms with van der Waals surface area (Å²) in [6, 6.07) is 0. The fourth-order valence-corrected chi connectivity index (χ4v) is 6.98. The summed E-state index contributed by atoms with van der Waals surface area (Å²) >= 11 is 0. The quantitative estimate of drug-likeness (QED) is 0.569. The number of esters is 1. The first-order valence-corrected chi connectivity index (χ1v) is 10.6. The molecule has 3 aliphatic rings. The molecule has 0 radical (unpaired) electrons. The summed E-state index contributed by atoms with van der Waals surface area (Å²) < 4.78 is 5.80. The molecule has 2 N–H and O–H groups in total. The highest BCUT2D eigenvalue weighted by Crippen LogP contribution is 2.68. The maximum Gasteiger partial charge on any atom is 0.332 e. The van der Waals surface area contributed by atoms with Gasteiger partial charge in [-0.2, -0.15) is 0 Å². The summed E-state index contributed by atoms with van der Waals surface area (Å²) in [7, 11) is 0. The van der Waals surface area contributed by atoms with E-state index in [-0.39, 0.29) is 34.9 Å². The second-order valence-electron chi connectivity index (χ2n) is 10.3. The number of hydrogen-bond donors (Lipinski definition) is 2. The first kappa shape index (κ1) is 21.5. The van der Waals surface area contributed by atoms with Crippen molar-refractivity contribution < 1.29 is 24.5 Å². The van der Waals surface area contributed by atoms with Gasteiger partial charge in [-0.1, -0.05) is 40.7 Å². The highest BCUT2D eigenvalue weighted by molar-refractivity contribution is 5.87. The first-order chi connectivity index (χ1) is 13.0. The van der Waals surface area contributed by atoms with E-state index in [1.165, 1.54) is 0 Å². The summed E-state index contributed by atoms with van der Waals surface area (Å²) in [5, 5.41) is 20.7. The highest BCUT2D eigenvalue weighted by Gasteiger charge is 2.69. The number of Topliss-reactive ketones (excluding diaryl/α,β-unsaturated/α-hetero) is 1. The van der Waals surface area contributed by atoms with Gasteiger partial charge in [-0.05, 0) is 42.9 Å². The average Bonchev–Trinajstić information content (AvgIpc) is 2.94. The smallest absolute Gasteiger partial charge is 0.332 e. The van der Waals surface area contributed by atoms with E-state index in [4.69, 9.17) is 4.74 Å². The first-order valence-electron chi connectivity index (χ1n) is 10.6. The Morgan fingerprint density at radius 3 is 2.50 bits per heavy atom. The zero-order valence-electron chi connectivity index (χ0n) is 17.9. The van der Waals surface area contributed by atoms with Gasteiger partial charge in [0.1, 0.15) is 18.5 Å². The van der Waals surface area contributed by atoms with Crippen molar-refractivity contribution in [1.82, 2.24) is 0 Å². The summed E-state index contributed by atoms with van der Waals surface area (Å²) in [4.78, 5) is 25.6. The molecule has 158 valence electrons. The lowest BCUT2D eigenvalue weighted by Crippen LogP contribution is -2.63. The zero-order chi connectivity index (χ0) is 21.1. The van der Waals surface area contributed by atoms with Gasteiger partial charge in [-0.25, -0.2) is 4.79 Å². The Labute approximate surface area is 168 Å². The number of rotatable bonds is 3. The predicted molar refractivity (Wildman–Crippen MR) is 106 cm³/mol. The topological polar surface area (TPSA) is 83.8 Å². The number of hydrogen-bond acceptors (Lipinski definition) is 5. The molecule has 0 aromatic rings. The monoisotopic (exact) mass is 392 g/mol. The van der Waals surface area contributed by atoms with Crippen molar-refractivity contribution in [1.29, 1.82) is 0 Å². The molecule has 2 bridgehead atoms. The van der Waals surface area contributed by atoms with Crippen LogP contribution in [0.4, 0.5) is 0 Å². The van der Waals surface area contributed by atoms with Crippen molar-refractivity contribution in [3.8, 4) is 0 Å². The van der Waals surface area contributed by atoms with Crippen molar-refractivity contribution in [3.63, 3.8) is 0 Å². The maximum atomic E-state index is 13.5. The third-order valence-corrected chi connectivity index (χ3v) is 9.00. The third kappa shape index (κ3) is 2.72. The van der Waals surface area contributed by atoms with Crippen molar-refractivity contribution in [2.24, 2.45) is 39.9 Å². The molecule has 9 atom stereocenters. The Kier molecular flexibility index (Phi) is 5.33. The lowest BCUT2D eigenvalue weighted by molar-refractivity contribution is -0.207. The molecule has 3 saturated carbocycles. The number of aliphatic hydroxyl groups excluding tert-OH is 2. The number of carbonyl (C=O) groups is 2. The SMILES string of the molecule is C=C[C@]1(C)C[C@@H](OC(=O)CO)[C@]2(C)[C@H](C)CC[C@]3(C[C@@H](C)C(=O)[C@H]32)[C@@H](C)[C@@H]1O. The number of ether oxygens (including phenoxy) is 1. The van der Waals surface area contributed by atoms with Crippen LogP contribution in [0.3, 0.4) is 0 Å². The molecule has 0 aromatic heterocycles. The van der Waals surface area contributed by atoms with Crippen LogP contribution in [-0.2, 0) is 14.3 Å². The molecule has 0 saturated heterocycles. The van der Waals surface area contributed by atoms with Crippen LogP contribution in [0.15, 0.2) is 12.7 Å². The number of aliphatic hydroxyl groups is 2. The summed E-state index contributed by atoms with van der Waals surface area (Å²) in [5.74, 6) is -0.632. The fourth-order valence-electron chi connectivity index (χ4n) is 6.98. The minimum Gasteiger partial charge on any atom is -0.460 e. The number of ketones is 1. The Bertz CT molecular complexity index is 674. The van der Waals surface area contributed by atoms with E-state index < -0.39 is 35.6 Å². The normalized spacial score (nSPS) is 51.0. The predicted octanol–water partition coefficient (Wildman–Crippen LogP) is 3.13. The van der Waals surface area contributed by atoms with Crippen LogP contribution in [0.2, 0.25) is 0 Å². The van der Waals surface area contributed by atoms with Crippen LogP contribution in [0.5, 0.6) is 0 Å². The van der Waals surface area contributed by atoms with Gasteiger partial charge in [0.2, 0.25) is 0 Å². The zero-order valence-corrected chi connectivity index (χ0v) is 17.9. The second-order valence-corrected chi connectivity index (χ2v) is 10.3. The molecule has 3 fully saturated rings. The van der Waals surface area contributed by atoms with E-state index in [9.17, 15) is 19.8 Å². The third-order valence-electron chi connectivity index (χ3n) is 9.00. The minimum absolute atomic E-state index is 0.0595. The van der Waals surface area contributed by atoms with Gasteiger partial charge in [-0.15, -0.1) is 6.58 Å². The Morgan fingerprint density at radius 2 is 1.93 bits per heavy atom. The van der Waals surface area contributed by atoms with Crippen LogP contribution in [0.1, 0.15) is 60.3 Å². The molecule has 0 spiro atoms. The van der Waals surface area contributed by atoms with Gasteiger partial charge < -0.3 is 14.9 Å². The summed E-state index contributed by atoms with van der Waals surface area (Å²) in [6.45, 7) is 13.6. The molecule has 5 heteroatoms. The van der Waals surface area contributed by atoms with Crippen LogP contribution in [0, 0.1) is 39.9 Å². The standard InChI is InChI=1S/C23H36O5/c1-7-21(5)11-16(28-17(25)12-24)22(6)14(3)8-9-23(15(4)20(21)27)10-13(2)18(26)19(22)23/h7,13-16,19-20,24,27H,1,8-12H2,2-6H3/t13-,14-,15+,16-,19+,20+,21-,22+,23+/m1/s1. The minimum atomic E-state index is -0.690. The summed E-state index contributed by atoms with van der Waals surface area (Å²) in [6.07, 6.45) is 3.52. The van der Waals surface area contributed by atoms with Gasteiger partial charge in [0.15, 0.2) is 0 Å². The van der Waals surface area contributed by atoms with Crippen LogP contribution < -0.4 is 0 Å². The fraction of sp³-hybridized carbons (Fsp3) is 0.826. The molecule has 5 nitrogen and oxygen atoms in total. The van der Waals surface area contributed by atoms with Gasteiger partial charge in [0.25, 0.3) is 0 Å². The van der Waals surface area contributed by atoms with Crippen molar-refractivity contribution in [2.75, 3.05) is 6.61 Å². The van der Waals surface area contributed by atoms with E-state index in [1.807, 2.05) is 13.8 Å². The lowest BCUT2D eigenvalue weighted by atomic mass is 9.44. The molecule has 0 aliphatic heterocycles. The molecule has 0 aromatic carbocycles. The molecular formula is C23H36O5. The molecule has 0 amide bonds. The molecule has 28 heavy (non-hydrogen) atoms. The van der Waals surface area contributed by atoms with Crippen molar-refractivity contribution in [2.45, 2.75) is 72.5 Å². The van der Waals surface area contributed by atoms with Crippen LogP contribution in [0.25, 0.3) is 0 Å². The van der Waals surface area contributed by atoms with Gasteiger partial charge in [0.05, 0.1) is 6.10 Å². The Balaban J connectivity index is 2.24. The molecular weight excluding hydrogens is 356 g/mol. The summed E-state index contributed by atoms with van der Waals surface area (Å²) in [5.41, 5.74) is -1.49. The lowest BCUT2D eigenvalue weighted by Gasteiger charge is -2.61. The Morgan fingerprint density at radius 1 is 1.29 bits per heavy atom. The molecule has 3 aliphatic carbocycles. The van der Waals surface area contributed by atoms with E-state index in [1.54, 1.807) is 6.08 Å². The van der Waals surface area contributed by atoms with E-state index in [2.05, 4.69) is 27.4 Å². The Hall–Kier alpha value is -1.20.